The molecule has 0 aliphatic carbocycles. The van der Waals surface area contributed by atoms with Gasteiger partial charge in [-0.3, -0.25) is 13.9 Å². The summed E-state index contributed by atoms with van der Waals surface area (Å²) in [6.45, 7) is 8.90. The molecule has 2 aromatic rings. The Balaban J connectivity index is 2.46. The van der Waals surface area contributed by atoms with Crippen LogP contribution >= 0.6 is 15.2 Å². The minimum absolute atomic E-state index is 0.105. The van der Waals surface area contributed by atoms with Crippen molar-refractivity contribution in [2.75, 3.05) is 10.6 Å². The number of amides is 1. The molecule has 0 heterocycles. The lowest BCUT2D eigenvalue weighted by molar-refractivity contribution is -0.114. The van der Waals surface area contributed by atoms with Crippen LogP contribution in [0.1, 0.15) is 31.9 Å². The number of hydrogen-bond donors (Lipinski definition) is 7. The van der Waals surface area contributed by atoms with Crippen LogP contribution < -0.4 is 26.6 Å². The molecule has 12 heteroatoms. The maximum Gasteiger partial charge on any atom is 0.356 e. The molecule has 2 aromatic carbocycles. The zero-order valence-electron chi connectivity index (χ0n) is 18.3. The van der Waals surface area contributed by atoms with Gasteiger partial charge in [0, 0.05) is 24.3 Å². The monoisotopic (exact) mass is 495 g/mol. The third-order valence-electron chi connectivity index (χ3n) is 4.21. The molecule has 0 unspecified atom stereocenters. The summed E-state index contributed by atoms with van der Waals surface area (Å²) in [5.74, 6) is 0.0525. The summed E-state index contributed by atoms with van der Waals surface area (Å²) in [4.78, 5) is 50.3. The average Bonchev–Trinajstić information content (AvgIpc) is 2.65. The molecule has 0 aliphatic rings. The first-order valence-electron chi connectivity index (χ1n) is 9.75. The molecule has 0 aliphatic heterocycles. The number of nitrogens with one attached hydrogen (secondary N) is 3. The highest BCUT2D eigenvalue weighted by Crippen LogP contribution is 2.38. The summed E-state index contributed by atoms with van der Waals surface area (Å²) in [5.41, 5.74) is 0.906. The van der Waals surface area contributed by atoms with Crippen LogP contribution in [-0.4, -0.2) is 31.5 Å². The third kappa shape index (κ3) is 7.98. The van der Waals surface area contributed by atoms with Gasteiger partial charge in [-0.2, -0.15) is 0 Å². The largest absolute Gasteiger partial charge is 0.370 e. The van der Waals surface area contributed by atoms with E-state index in [0.29, 0.717) is 11.5 Å². The van der Waals surface area contributed by atoms with Crippen LogP contribution in [0.3, 0.4) is 0 Å². The molecule has 0 atom stereocenters. The minimum Gasteiger partial charge on any atom is -0.370 e. The Labute approximate surface area is 191 Å². The van der Waals surface area contributed by atoms with Gasteiger partial charge in [0.1, 0.15) is 0 Å². The highest BCUT2D eigenvalue weighted by molar-refractivity contribution is 7.60. The summed E-state index contributed by atoms with van der Waals surface area (Å²) in [5, 5.41) is 7.81. The Morgan fingerprint density at radius 2 is 1.30 bits per heavy atom. The third-order valence-corrected chi connectivity index (χ3v) is 6.24. The van der Waals surface area contributed by atoms with Crippen LogP contribution in [0.2, 0.25) is 0 Å². The van der Waals surface area contributed by atoms with E-state index in [9.17, 15) is 33.5 Å². The first-order chi connectivity index (χ1) is 15.2. The summed E-state index contributed by atoms with van der Waals surface area (Å²) < 4.78 is 24.0. The van der Waals surface area contributed by atoms with Gasteiger partial charge in [-0.15, -0.1) is 0 Å². The summed E-state index contributed by atoms with van der Waals surface area (Å²) in [6.07, 6.45) is 2.69. The number of rotatable bonds is 9. The lowest BCUT2D eigenvalue weighted by Crippen LogP contribution is -2.25. The highest BCUT2D eigenvalue weighted by atomic mass is 31.2. The SMILES string of the molecule is C=C(Nc1ccc(/C=C/c2ccc(NC(C)=O)cc2P(=O)(O)O)c(P(=O)(O)O)c1)NC(C)C. The van der Waals surface area contributed by atoms with Crippen molar-refractivity contribution in [1.29, 1.82) is 0 Å². The second-order valence-electron chi connectivity index (χ2n) is 7.55. The summed E-state index contributed by atoms with van der Waals surface area (Å²) in [6, 6.07) is 8.47. The minimum atomic E-state index is -4.71. The molecule has 0 radical (unpaired) electrons. The average molecular weight is 495 g/mol. The Morgan fingerprint density at radius 3 is 1.67 bits per heavy atom. The van der Waals surface area contributed by atoms with Gasteiger partial charge >= 0.3 is 15.2 Å². The van der Waals surface area contributed by atoms with Gasteiger partial charge < -0.3 is 35.5 Å². The summed E-state index contributed by atoms with van der Waals surface area (Å²) >= 11 is 0. The quantitative estimate of drug-likeness (QED) is 0.204. The number of hydrogen-bond acceptors (Lipinski definition) is 5. The molecular weight excluding hydrogens is 468 g/mol. The summed E-state index contributed by atoms with van der Waals surface area (Å²) in [7, 11) is -9.40. The van der Waals surface area contributed by atoms with Gasteiger partial charge in [0.2, 0.25) is 5.91 Å². The predicted octanol–water partition coefficient (Wildman–Crippen LogP) is 2.30. The standard InChI is InChI=1S/C21H27N3O7P2/c1-13(2)22-14(3)23-18-9-7-16(20(11-18)32(26,27)28)5-6-17-8-10-19(24-15(4)25)12-21(17)33(29,30)31/h5-13,22-23H,3H2,1-2,4H3,(H,24,25)(H2,26,27,28)(H2,29,30,31)/b6-5+. The Bertz CT molecular complexity index is 1180. The van der Waals surface area contributed by atoms with Gasteiger partial charge in [-0.25, -0.2) is 0 Å². The molecular formula is C21H27N3O7P2. The van der Waals surface area contributed by atoms with E-state index in [2.05, 4.69) is 22.5 Å². The molecule has 0 spiro atoms. The van der Waals surface area contributed by atoms with Gasteiger partial charge in [0.25, 0.3) is 0 Å². The van der Waals surface area contributed by atoms with Crippen molar-refractivity contribution in [1.82, 2.24) is 5.32 Å². The fourth-order valence-electron chi connectivity index (χ4n) is 2.97. The van der Waals surface area contributed by atoms with Gasteiger partial charge in [0.15, 0.2) is 0 Å². The van der Waals surface area contributed by atoms with E-state index >= 15 is 0 Å². The van der Waals surface area contributed by atoms with E-state index in [1.807, 2.05) is 13.8 Å². The Kier molecular flexibility index (Phi) is 8.43. The van der Waals surface area contributed by atoms with Crippen molar-refractivity contribution in [3.63, 3.8) is 0 Å². The van der Waals surface area contributed by atoms with Crippen LogP contribution in [0.15, 0.2) is 48.8 Å². The molecule has 178 valence electrons. The van der Waals surface area contributed by atoms with Gasteiger partial charge in [0.05, 0.1) is 16.4 Å². The van der Waals surface area contributed by atoms with Crippen molar-refractivity contribution in [2.45, 2.75) is 26.8 Å². The van der Waals surface area contributed by atoms with Crippen LogP contribution in [0.5, 0.6) is 0 Å². The normalized spacial score (nSPS) is 12.1. The Hall–Kier alpha value is -2.71. The lowest BCUT2D eigenvalue weighted by Gasteiger charge is -2.17. The lowest BCUT2D eigenvalue weighted by atomic mass is 10.1. The van der Waals surface area contributed by atoms with E-state index in [0.717, 1.165) is 6.07 Å². The van der Waals surface area contributed by atoms with Crippen molar-refractivity contribution >= 4 is 55.2 Å². The first kappa shape index (κ1) is 26.5. The molecule has 1 amide bonds. The molecule has 2 rings (SSSR count). The highest BCUT2D eigenvalue weighted by Gasteiger charge is 2.23. The van der Waals surface area contributed by atoms with Crippen molar-refractivity contribution in [3.8, 4) is 0 Å². The van der Waals surface area contributed by atoms with Gasteiger partial charge in [-0.1, -0.05) is 30.9 Å². The van der Waals surface area contributed by atoms with Gasteiger partial charge in [-0.05, 0) is 49.2 Å². The molecule has 0 aromatic heterocycles. The van der Waals surface area contributed by atoms with E-state index < -0.39 is 21.1 Å². The second-order valence-corrected chi connectivity index (χ2v) is 10.7. The van der Waals surface area contributed by atoms with E-state index in [4.69, 9.17) is 0 Å². The molecule has 0 fully saturated rings. The zero-order valence-corrected chi connectivity index (χ0v) is 20.1. The molecule has 10 nitrogen and oxygen atoms in total. The van der Waals surface area contributed by atoms with E-state index in [1.54, 1.807) is 6.07 Å². The number of carbonyl (C=O) groups is 1. The van der Waals surface area contributed by atoms with Crippen molar-refractivity contribution in [3.05, 3.63) is 59.9 Å². The van der Waals surface area contributed by atoms with Crippen LogP contribution in [0.4, 0.5) is 11.4 Å². The maximum atomic E-state index is 12.1. The van der Waals surface area contributed by atoms with E-state index in [-0.39, 0.29) is 33.5 Å². The molecule has 0 bridgehead atoms. The molecule has 7 N–H and O–H groups in total. The van der Waals surface area contributed by atoms with Crippen LogP contribution in [0, 0.1) is 0 Å². The second kappa shape index (κ2) is 10.5. The maximum absolute atomic E-state index is 12.1. The van der Waals surface area contributed by atoms with Crippen LogP contribution in [-0.2, 0) is 13.9 Å². The molecule has 0 saturated carbocycles. The van der Waals surface area contributed by atoms with Crippen LogP contribution in [0.25, 0.3) is 12.2 Å². The number of carbonyl (C=O) groups excluding carboxylic acids is 1. The fourth-order valence-corrected chi connectivity index (χ4v) is 4.56. The fraction of sp³-hybridized carbons (Fsp3) is 0.190. The first-order valence-corrected chi connectivity index (χ1v) is 13.0. The number of benzene rings is 2. The van der Waals surface area contributed by atoms with Crippen molar-refractivity contribution < 1.29 is 33.5 Å². The Morgan fingerprint density at radius 1 is 0.879 bits per heavy atom. The smallest absolute Gasteiger partial charge is 0.356 e. The number of anilines is 2. The topological polar surface area (TPSA) is 168 Å². The van der Waals surface area contributed by atoms with Crippen molar-refractivity contribution in [2.24, 2.45) is 0 Å². The van der Waals surface area contributed by atoms with E-state index in [1.165, 1.54) is 43.3 Å². The zero-order chi connectivity index (χ0) is 25.0. The molecule has 0 saturated heterocycles. The molecule has 33 heavy (non-hydrogen) atoms. The predicted molar refractivity (Wildman–Crippen MR) is 131 cm³/mol.